The number of carbonyl (C=O) groups is 2. The predicted molar refractivity (Wildman–Crippen MR) is 142 cm³/mol. The second kappa shape index (κ2) is 9.39. The van der Waals surface area contributed by atoms with E-state index < -0.39 is 11.3 Å². The van der Waals surface area contributed by atoms with Crippen LogP contribution >= 0.6 is 22.6 Å². The van der Waals surface area contributed by atoms with E-state index in [0.29, 0.717) is 11.4 Å². The molecule has 0 saturated heterocycles. The van der Waals surface area contributed by atoms with Gasteiger partial charge in [0.15, 0.2) is 0 Å². The fourth-order valence-corrected chi connectivity index (χ4v) is 4.07. The molecule has 0 aromatic heterocycles. The monoisotopic (exact) mass is 549 g/mol. The highest BCUT2D eigenvalue weighted by Gasteiger charge is 2.27. The lowest BCUT2D eigenvalue weighted by atomic mass is 9.87. The molecule has 166 valence electrons. The molecule has 1 amide bonds. The van der Waals surface area contributed by atoms with Crippen LogP contribution in [0.3, 0.4) is 0 Å². The van der Waals surface area contributed by atoms with Gasteiger partial charge in [0.1, 0.15) is 17.2 Å². The highest BCUT2D eigenvalue weighted by molar-refractivity contribution is 14.1. The fourth-order valence-electron chi connectivity index (χ4n) is 3.55. The largest absolute Gasteiger partial charge is 0.320 e. The Labute approximate surface area is 207 Å². The lowest BCUT2D eigenvalue weighted by Gasteiger charge is -2.17. The second-order valence-electron chi connectivity index (χ2n) is 8.87. The molecule has 1 aliphatic rings. The van der Waals surface area contributed by atoms with Crippen molar-refractivity contribution in [1.82, 2.24) is 0 Å². The van der Waals surface area contributed by atoms with E-state index in [2.05, 4.69) is 50.2 Å². The number of halogens is 1. The molecular weight excluding hydrogens is 525 g/mol. The van der Waals surface area contributed by atoms with Gasteiger partial charge < -0.3 is 5.32 Å². The van der Waals surface area contributed by atoms with Crippen molar-refractivity contribution < 1.29 is 9.59 Å². The summed E-state index contributed by atoms with van der Waals surface area (Å²) in [5, 5.41) is 11.8. The summed E-state index contributed by atoms with van der Waals surface area (Å²) < 4.78 is 0.898. The lowest BCUT2D eigenvalue weighted by molar-refractivity contribution is -0.125. The van der Waals surface area contributed by atoms with Crippen LogP contribution in [0.2, 0.25) is 0 Å². The maximum Gasteiger partial charge on any atom is 0.272 e. The van der Waals surface area contributed by atoms with Gasteiger partial charge in [-0.1, -0.05) is 81.4 Å². The van der Waals surface area contributed by atoms with Crippen LogP contribution in [-0.4, -0.2) is 23.1 Å². The number of carbonyl (C=O) groups excluding carboxylic acids is 2. The first-order valence-electron chi connectivity index (χ1n) is 10.7. The van der Waals surface area contributed by atoms with E-state index >= 15 is 0 Å². The van der Waals surface area contributed by atoms with Crippen molar-refractivity contribution in [3.8, 4) is 11.1 Å². The van der Waals surface area contributed by atoms with Gasteiger partial charge in [0.25, 0.3) is 5.91 Å². The van der Waals surface area contributed by atoms with Crippen LogP contribution in [0, 0.1) is 8.99 Å². The summed E-state index contributed by atoms with van der Waals surface area (Å²) in [6, 6.07) is 23.5. The molecule has 5 nitrogen and oxygen atoms in total. The summed E-state index contributed by atoms with van der Waals surface area (Å²) in [4.78, 5) is 25.9. The molecule has 0 saturated carbocycles. The first-order chi connectivity index (χ1) is 15.8. The smallest absolute Gasteiger partial charge is 0.272 e. The molecule has 0 fully saturated rings. The summed E-state index contributed by atoms with van der Waals surface area (Å²) in [7, 11) is 0. The van der Waals surface area contributed by atoms with E-state index in [-0.39, 0.29) is 17.9 Å². The van der Waals surface area contributed by atoms with Gasteiger partial charge in [-0.05, 0) is 45.9 Å². The van der Waals surface area contributed by atoms with E-state index in [1.165, 1.54) is 0 Å². The van der Waals surface area contributed by atoms with Crippen molar-refractivity contribution in [2.24, 2.45) is 15.6 Å². The third-order valence-electron chi connectivity index (χ3n) is 5.47. The second-order valence-corrected chi connectivity index (χ2v) is 10.0. The zero-order chi connectivity index (χ0) is 23.6. The Bertz CT molecular complexity index is 1250. The van der Waals surface area contributed by atoms with Gasteiger partial charge in [0.2, 0.25) is 0 Å². The van der Waals surface area contributed by atoms with Crippen molar-refractivity contribution in [1.29, 1.82) is 0 Å². The number of nitrogens with zero attached hydrogens (tertiary/aromatic N) is 2. The van der Waals surface area contributed by atoms with Crippen molar-refractivity contribution in [3.05, 3.63) is 87.5 Å². The third kappa shape index (κ3) is 4.95. The molecule has 0 unspecified atom stereocenters. The number of rotatable bonds is 5. The van der Waals surface area contributed by atoms with E-state index in [1.54, 1.807) is 0 Å². The Morgan fingerprint density at radius 1 is 0.818 bits per heavy atom. The Balaban J connectivity index is 1.75. The SMILES string of the molecule is CC(C)(C)C(=O)CC(=NN=C1c2ccccc2-c2ccccc21)C(=O)Nc1ccccc1I. The summed E-state index contributed by atoms with van der Waals surface area (Å²) >= 11 is 2.16. The molecule has 3 aromatic carbocycles. The van der Waals surface area contributed by atoms with Gasteiger partial charge in [-0.3, -0.25) is 9.59 Å². The van der Waals surface area contributed by atoms with Crippen LogP contribution in [0.1, 0.15) is 38.3 Å². The number of Topliss-reactive ketones (excluding diaryl/α,β-unsaturated/α-hetero) is 1. The molecule has 0 aliphatic heterocycles. The minimum Gasteiger partial charge on any atom is -0.320 e. The highest BCUT2D eigenvalue weighted by Crippen LogP contribution is 2.36. The van der Waals surface area contributed by atoms with Crippen molar-refractivity contribution in [2.75, 3.05) is 5.32 Å². The Hall–Kier alpha value is -3.13. The molecule has 4 rings (SSSR count). The molecule has 0 bridgehead atoms. The first kappa shape index (κ1) is 23.0. The van der Waals surface area contributed by atoms with Gasteiger partial charge in [-0.25, -0.2) is 0 Å². The Kier molecular flexibility index (Phi) is 6.56. The third-order valence-corrected chi connectivity index (χ3v) is 6.41. The van der Waals surface area contributed by atoms with E-state index in [9.17, 15) is 9.59 Å². The van der Waals surface area contributed by atoms with Crippen LogP contribution < -0.4 is 5.32 Å². The average molecular weight is 549 g/mol. The highest BCUT2D eigenvalue weighted by atomic mass is 127. The van der Waals surface area contributed by atoms with Crippen molar-refractivity contribution >= 4 is 51.4 Å². The molecule has 1 N–H and O–H groups in total. The first-order valence-corrected chi connectivity index (χ1v) is 11.8. The number of hydrogen-bond acceptors (Lipinski definition) is 4. The zero-order valence-electron chi connectivity index (χ0n) is 18.7. The number of amides is 1. The summed E-state index contributed by atoms with van der Waals surface area (Å²) in [6.07, 6.45) is -0.0984. The normalized spacial score (nSPS) is 12.7. The molecule has 33 heavy (non-hydrogen) atoms. The predicted octanol–water partition coefficient (Wildman–Crippen LogP) is 6.11. The molecular formula is C27H24IN3O2. The van der Waals surface area contributed by atoms with Gasteiger partial charge in [0, 0.05) is 20.1 Å². The maximum atomic E-state index is 13.2. The van der Waals surface area contributed by atoms with Crippen molar-refractivity contribution in [3.63, 3.8) is 0 Å². The van der Waals surface area contributed by atoms with Crippen LogP contribution in [0.25, 0.3) is 11.1 Å². The topological polar surface area (TPSA) is 70.9 Å². The van der Waals surface area contributed by atoms with E-state index in [1.807, 2.05) is 81.4 Å². The van der Waals surface area contributed by atoms with Crippen LogP contribution in [0.15, 0.2) is 83.0 Å². The molecule has 0 heterocycles. The van der Waals surface area contributed by atoms with Gasteiger partial charge in [0.05, 0.1) is 12.1 Å². The number of anilines is 1. The van der Waals surface area contributed by atoms with E-state index in [0.717, 1.165) is 25.8 Å². The molecule has 3 aromatic rings. The summed E-state index contributed by atoms with van der Waals surface area (Å²) in [5.74, 6) is -0.507. The van der Waals surface area contributed by atoms with Crippen molar-refractivity contribution in [2.45, 2.75) is 27.2 Å². The van der Waals surface area contributed by atoms with Gasteiger partial charge in [-0.2, -0.15) is 0 Å². The minimum absolute atomic E-state index is 0.0772. The minimum atomic E-state index is -0.595. The molecule has 6 heteroatoms. The molecule has 1 aliphatic carbocycles. The number of para-hydroxylation sites is 1. The number of benzene rings is 3. The lowest BCUT2D eigenvalue weighted by Crippen LogP contribution is -2.30. The molecule has 0 atom stereocenters. The Morgan fingerprint density at radius 2 is 1.33 bits per heavy atom. The molecule has 0 spiro atoms. The number of fused-ring (bicyclic) bond motifs is 3. The molecule has 0 radical (unpaired) electrons. The number of nitrogens with one attached hydrogen (secondary N) is 1. The van der Waals surface area contributed by atoms with Crippen LogP contribution in [0.5, 0.6) is 0 Å². The summed E-state index contributed by atoms with van der Waals surface area (Å²) in [6.45, 7) is 5.50. The van der Waals surface area contributed by atoms with Gasteiger partial charge >= 0.3 is 0 Å². The van der Waals surface area contributed by atoms with E-state index in [4.69, 9.17) is 0 Å². The van der Waals surface area contributed by atoms with Crippen LogP contribution in [-0.2, 0) is 9.59 Å². The standard InChI is InChI=1S/C27H24IN3O2/c1-27(2,3)24(32)16-23(26(33)29-22-15-9-8-14-21(22)28)30-31-25-19-12-6-4-10-17(19)18-11-5-7-13-20(18)25/h4-15H,16H2,1-3H3,(H,29,33). The quantitative estimate of drug-likeness (QED) is 0.186. The zero-order valence-corrected chi connectivity index (χ0v) is 20.9. The average Bonchev–Trinajstić information content (AvgIpc) is 3.11. The van der Waals surface area contributed by atoms with Crippen LogP contribution in [0.4, 0.5) is 5.69 Å². The fraction of sp³-hybridized carbons (Fsp3) is 0.185. The number of ketones is 1. The number of hydrogen-bond donors (Lipinski definition) is 1. The van der Waals surface area contributed by atoms with Gasteiger partial charge in [-0.15, -0.1) is 10.2 Å². The Morgan fingerprint density at radius 3 is 1.88 bits per heavy atom. The summed E-state index contributed by atoms with van der Waals surface area (Å²) in [5.41, 5.74) is 4.94. The maximum absolute atomic E-state index is 13.2.